The Balaban J connectivity index is 1.58. The van der Waals surface area contributed by atoms with Crippen molar-refractivity contribution in [3.05, 3.63) is 138 Å². The van der Waals surface area contributed by atoms with Gasteiger partial charge in [0, 0.05) is 30.2 Å². The second-order valence-corrected chi connectivity index (χ2v) is 9.50. The van der Waals surface area contributed by atoms with Gasteiger partial charge in [-0.1, -0.05) is 61.3 Å². The number of H-pyrrole nitrogens is 1. The van der Waals surface area contributed by atoms with Crippen molar-refractivity contribution in [2.45, 2.75) is 33.1 Å². The molecule has 0 fully saturated rings. The van der Waals surface area contributed by atoms with Crippen molar-refractivity contribution in [3.63, 3.8) is 0 Å². The van der Waals surface area contributed by atoms with E-state index in [2.05, 4.69) is 57.3 Å². The summed E-state index contributed by atoms with van der Waals surface area (Å²) < 4.78 is 26.4. The Morgan fingerprint density at radius 1 is 1.15 bits per heavy atom. The van der Waals surface area contributed by atoms with Crippen LogP contribution in [0, 0.1) is 5.41 Å². The summed E-state index contributed by atoms with van der Waals surface area (Å²) in [6.45, 7) is 8.98. The first-order valence-corrected chi connectivity index (χ1v) is 13.2. The van der Waals surface area contributed by atoms with E-state index in [0.717, 1.165) is 52.8 Å². The Morgan fingerprint density at radius 2 is 2.00 bits per heavy atom. The summed E-state index contributed by atoms with van der Waals surface area (Å²) in [4.78, 5) is 6.27. The fraction of sp³-hybridized carbons (Fsp3) is 0.182. The number of alkyl halides is 2. The Bertz CT molecular complexity index is 1510. The lowest BCUT2D eigenvalue weighted by atomic mass is 9.95. The molecule has 0 saturated heterocycles. The van der Waals surface area contributed by atoms with E-state index >= 15 is 0 Å². The van der Waals surface area contributed by atoms with Gasteiger partial charge in [0.1, 0.15) is 5.69 Å². The van der Waals surface area contributed by atoms with Crippen molar-refractivity contribution in [2.24, 2.45) is 0 Å². The zero-order valence-electron chi connectivity index (χ0n) is 22.7. The third-order valence-electron chi connectivity index (χ3n) is 6.48. The summed E-state index contributed by atoms with van der Waals surface area (Å²) in [6.07, 6.45) is 25.1. The molecule has 0 atom stereocenters. The number of rotatable bonds is 9. The number of aromatic nitrogens is 3. The first-order chi connectivity index (χ1) is 19.4. The number of allylic oxidation sites excluding steroid dienone is 15. The van der Waals surface area contributed by atoms with Crippen molar-refractivity contribution in [2.75, 3.05) is 6.54 Å². The van der Waals surface area contributed by atoms with Gasteiger partial charge < -0.3 is 10.3 Å². The number of nitrogens with zero attached hydrogens (tertiary/aromatic N) is 3. The molecule has 0 saturated carbocycles. The second kappa shape index (κ2) is 13.4. The van der Waals surface area contributed by atoms with Gasteiger partial charge in [0.2, 0.25) is 0 Å². The predicted molar refractivity (Wildman–Crippen MR) is 160 cm³/mol. The number of nitrogens with one attached hydrogen (secondary N) is 2. The van der Waals surface area contributed by atoms with Crippen LogP contribution in [-0.4, -0.2) is 32.3 Å². The molecule has 0 aromatic carbocycles. The number of pyridine rings is 1. The standard InChI is InChI=1S/C33H33F2N5/c1-4-25(28-11-5-6-18-40(22-28)19-9-10-24(3)36)20-27-13-7-12-26(17-16-23(27)2)29-21-37-39-32(29)30-14-8-15-31(38-30)33(34)35/h4-8,11-18,20-22,33,36H,2,9-10,19H2,1,3H3,(H,37,39)/b13-7+,17-16-,25-4+,26-12-,27-20-,36-24?. The van der Waals surface area contributed by atoms with Crippen LogP contribution in [0.25, 0.3) is 17.0 Å². The largest absolute Gasteiger partial charge is 0.354 e. The quantitative estimate of drug-likeness (QED) is 0.315. The molecular weight excluding hydrogens is 504 g/mol. The van der Waals surface area contributed by atoms with Crippen molar-refractivity contribution in [3.8, 4) is 11.4 Å². The van der Waals surface area contributed by atoms with E-state index < -0.39 is 6.43 Å². The van der Waals surface area contributed by atoms with Crippen LogP contribution in [0.5, 0.6) is 0 Å². The summed E-state index contributed by atoms with van der Waals surface area (Å²) in [5.74, 6) is 0. The fourth-order valence-corrected chi connectivity index (χ4v) is 4.36. The summed E-state index contributed by atoms with van der Waals surface area (Å²) in [5, 5.41) is 14.7. The molecule has 7 heteroatoms. The number of halogens is 2. The first-order valence-electron chi connectivity index (χ1n) is 13.2. The molecule has 204 valence electrons. The van der Waals surface area contributed by atoms with Crippen LogP contribution in [0.4, 0.5) is 8.78 Å². The molecule has 40 heavy (non-hydrogen) atoms. The monoisotopic (exact) mass is 537 g/mol. The summed E-state index contributed by atoms with van der Waals surface area (Å²) in [5.41, 5.74) is 6.96. The van der Waals surface area contributed by atoms with Crippen LogP contribution in [-0.2, 0) is 0 Å². The van der Waals surface area contributed by atoms with E-state index in [1.165, 1.54) is 6.07 Å². The highest BCUT2D eigenvalue weighted by Crippen LogP contribution is 2.30. The molecule has 0 bridgehead atoms. The molecule has 0 radical (unpaired) electrons. The van der Waals surface area contributed by atoms with Gasteiger partial charge >= 0.3 is 0 Å². The summed E-state index contributed by atoms with van der Waals surface area (Å²) >= 11 is 0. The van der Waals surface area contributed by atoms with Crippen LogP contribution in [0.2, 0.25) is 0 Å². The summed E-state index contributed by atoms with van der Waals surface area (Å²) in [7, 11) is 0. The lowest BCUT2D eigenvalue weighted by Crippen LogP contribution is -2.12. The topological polar surface area (TPSA) is 68.7 Å². The Hall–Kier alpha value is -4.65. The maximum atomic E-state index is 13.2. The molecule has 2 aromatic heterocycles. The van der Waals surface area contributed by atoms with Crippen molar-refractivity contribution >= 4 is 11.3 Å². The van der Waals surface area contributed by atoms with Crippen LogP contribution < -0.4 is 0 Å². The Labute approximate surface area is 234 Å². The van der Waals surface area contributed by atoms with E-state index in [1.807, 2.05) is 56.4 Å². The van der Waals surface area contributed by atoms with Gasteiger partial charge in [-0.25, -0.2) is 13.8 Å². The van der Waals surface area contributed by atoms with E-state index in [1.54, 1.807) is 18.3 Å². The third kappa shape index (κ3) is 7.26. The normalized spacial score (nSPS) is 19.6. The lowest BCUT2D eigenvalue weighted by Gasteiger charge is -2.17. The molecule has 3 heterocycles. The number of aromatic amines is 1. The van der Waals surface area contributed by atoms with Gasteiger partial charge in [0.15, 0.2) is 0 Å². The van der Waals surface area contributed by atoms with E-state index in [4.69, 9.17) is 5.41 Å². The van der Waals surface area contributed by atoms with Gasteiger partial charge in [0.05, 0.1) is 17.6 Å². The van der Waals surface area contributed by atoms with Crippen molar-refractivity contribution in [1.82, 2.24) is 20.1 Å². The lowest BCUT2D eigenvalue weighted by molar-refractivity contribution is 0.146. The molecule has 0 spiro atoms. The predicted octanol–water partition coefficient (Wildman–Crippen LogP) is 8.44. The minimum absolute atomic E-state index is 0.276. The van der Waals surface area contributed by atoms with Gasteiger partial charge in [0.25, 0.3) is 6.43 Å². The molecule has 2 aromatic rings. The van der Waals surface area contributed by atoms with E-state index in [-0.39, 0.29) is 5.69 Å². The van der Waals surface area contributed by atoms with Crippen LogP contribution in [0.3, 0.4) is 0 Å². The molecule has 2 N–H and O–H groups in total. The maximum absolute atomic E-state index is 13.2. The SMILES string of the molecule is C=C1\C=C/C(c2cn[nH]c2-c2cccc(C(F)F)n2)=C/C=C/C1=C/C(=C\C)C1=CN(CCCC(C)=N)C=CC=C1. The zero-order valence-corrected chi connectivity index (χ0v) is 22.7. The molecule has 1 aliphatic carbocycles. The van der Waals surface area contributed by atoms with E-state index in [9.17, 15) is 8.78 Å². The average Bonchev–Trinajstić information content (AvgIpc) is 3.30. The minimum atomic E-state index is -2.65. The van der Waals surface area contributed by atoms with Crippen LogP contribution >= 0.6 is 0 Å². The third-order valence-corrected chi connectivity index (χ3v) is 6.48. The molecule has 4 rings (SSSR count). The second-order valence-electron chi connectivity index (χ2n) is 9.50. The summed E-state index contributed by atoms with van der Waals surface area (Å²) in [6, 6.07) is 4.57. The van der Waals surface area contributed by atoms with Gasteiger partial charge in [-0.3, -0.25) is 5.10 Å². The highest BCUT2D eigenvalue weighted by Gasteiger charge is 2.16. The van der Waals surface area contributed by atoms with Crippen LogP contribution in [0.15, 0.2) is 126 Å². The zero-order chi connectivity index (χ0) is 28.5. The molecule has 2 aliphatic rings. The Kier molecular flexibility index (Phi) is 9.52. The molecular formula is C33H33F2N5. The van der Waals surface area contributed by atoms with Gasteiger partial charge in [-0.15, -0.1) is 0 Å². The number of hydrogen-bond acceptors (Lipinski definition) is 4. The van der Waals surface area contributed by atoms with E-state index in [0.29, 0.717) is 17.1 Å². The van der Waals surface area contributed by atoms with Crippen molar-refractivity contribution in [1.29, 1.82) is 5.41 Å². The van der Waals surface area contributed by atoms with Crippen LogP contribution in [0.1, 0.15) is 44.4 Å². The number of hydrogen-bond donors (Lipinski definition) is 2. The fourth-order valence-electron chi connectivity index (χ4n) is 4.36. The Morgan fingerprint density at radius 3 is 2.77 bits per heavy atom. The first kappa shape index (κ1) is 28.4. The smallest absolute Gasteiger partial charge is 0.280 e. The minimum Gasteiger partial charge on any atom is -0.354 e. The molecule has 5 nitrogen and oxygen atoms in total. The molecule has 0 unspecified atom stereocenters. The highest BCUT2D eigenvalue weighted by atomic mass is 19.3. The molecule has 1 aliphatic heterocycles. The van der Waals surface area contributed by atoms with Gasteiger partial charge in [-0.2, -0.15) is 5.10 Å². The van der Waals surface area contributed by atoms with Gasteiger partial charge in [-0.05, 0) is 78.8 Å². The maximum Gasteiger partial charge on any atom is 0.280 e. The average molecular weight is 538 g/mol. The molecule has 0 amide bonds. The van der Waals surface area contributed by atoms with Crippen molar-refractivity contribution < 1.29 is 8.78 Å². The highest BCUT2D eigenvalue weighted by molar-refractivity contribution is 5.84.